The zero-order valence-corrected chi connectivity index (χ0v) is 43.2. The van der Waals surface area contributed by atoms with Crippen molar-refractivity contribution in [2.24, 2.45) is 0 Å². The molecule has 0 radical (unpaired) electrons. The average molecular weight is 1010 g/mol. The molecule has 0 aliphatic heterocycles. The number of aliphatic hydroxyl groups excluding tert-OH is 1. The van der Waals surface area contributed by atoms with Crippen LogP contribution in [0.1, 0.15) is 57.4 Å². The molecule has 0 amide bonds. The number of hydrogen-bond donors (Lipinski definition) is 1. The largest absolute Gasteiger partial charge is 0.491 e. The first-order valence-electron chi connectivity index (χ1n) is 26.0. The van der Waals surface area contributed by atoms with Crippen LogP contribution in [0.15, 0.2) is 24.3 Å². The Kier molecular flexibility index (Phi) is 56.7. The molecule has 0 aliphatic carbocycles. The third-order valence-corrected chi connectivity index (χ3v) is 9.70. The lowest BCUT2D eigenvalue weighted by atomic mass is 10.0. The van der Waals surface area contributed by atoms with Gasteiger partial charge in [-0.1, -0.05) is 63.6 Å². The molecular weight excluding hydrogens is 917 g/mol. The van der Waals surface area contributed by atoms with Gasteiger partial charge in [0.25, 0.3) is 0 Å². The summed E-state index contributed by atoms with van der Waals surface area (Å²) in [5.74, 6) is 0.970. The molecule has 1 aromatic carbocycles. The third-order valence-electron chi connectivity index (χ3n) is 9.70. The van der Waals surface area contributed by atoms with Crippen LogP contribution in [0.2, 0.25) is 0 Å². The van der Waals surface area contributed by atoms with Crippen molar-refractivity contribution >= 4 is 0 Å². The van der Waals surface area contributed by atoms with Crippen molar-refractivity contribution in [3.05, 3.63) is 29.8 Å². The van der Waals surface area contributed by atoms with Gasteiger partial charge < -0.3 is 90.4 Å². The summed E-state index contributed by atoms with van der Waals surface area (Å²) in [5, 5.41) is 8.61. The van der Waals surface area contributed by atoms with Crippen LogP contribution >= 0.6 is 0 Å². The molecule has 414 valence electrons. The Morgan fingerprint density at radius 1 is 0.271 bits per heavy atom. The molecule has 0 atom stereocenters. The van der Waals surface area contributed by atoms with Crippen molar-refractivity contribution in [1.82, 2.24) is 0 Å². The second-order valence-electron chi connectivity index (χ2n) is 15.5. The van der Waals surface area contributed by atoms with E-state index in [0.29, 0.717) is 231 Å². The summed E-state index contributed by atoms with van der Waals surface area (Å²) in [6.07, 6.45) is 10.2. The minimum absolute atomic E-state index is 0.0206. The van der Waals surface area contributed by atoms with E-state index in [1.807, 2.05) is 6.07 Å². The van der Waals surface area contributed by atoms with Crippen LogP contribution < -0.4 is 4.74 Å². The molecule has 1 N–H and O–H groups in total. The van der Waals surface area contributed by atoms with E-state index < -0.39 is 0 Å². The highest BCUT2D eigenvalue weighted by molar-refractivity contribution is 5.33. The molecule has 70 heavy (non-hydrogen) atoms. The maximum Gasteiger partial charge on any atom is 0.122 e. The molecule has 19 nitrogen and oxygen atoms in total. The summed E-state index contributed by atoms with van der Waals surface area (Å²) in [7, 11) is 0. The predicted molar refractivity (Wildman–Crippen MR) is 265 cm³/mol. The average Bonchev–Trinajstić information content (AvgIpc) is 3.37. The van der Waals surface area contributed by atoms with Gasteiger partial charge in [0.15, 0.2) is 0 Å². The van der Waals surface area contributed by atoms with Gasteiger partial charge in [-0.2, -0.15) is 0 Å². The number of aliphatic hydroxyl groups is 1. The zero-order valence-electron chi connectivity index (χ0n) is 43.2. The first-order valence-corrected chi connectivity index (χ1v) is 26.0. The van der Waals surface area contributed by atoms with Gasteiger partial charge in [-0.25, -0.2) is 0 Å². The molecule has 1 rings (SSSR count). The number of aryl methyl sites for hydroxylation is 1. The fraction of sp³-hybridized carbons (Fsp3) is 0.882. The number of rotatable bonds is 62. The van der Waals surface area contributed by atoms with Crippen LogP contribution in [0.5, 0.6) is 5.75 Å². The number of hydrogen-bond acceptors (Lipinski definition) is 19. The van der Waals surface area contributed by atoms with Crippen molar-refractivity contribution < 1.29 is 90.4 Å². The maximum atomic E-state index is 8.61. The molecule has 0 unspecified atom stereocenters. The molecule has 0 fully saturated rings. The lowest BCUT2D eigenvalue weighted by molar-refractivity contribution is -0.0309. The van der Waals surface area contributed by atoms with Gasteiger partial charge in [-0.05, 0) is 24.5 Å². The monoisotopic (exact) mass is 1010 g/mol. The molecule has 1 aromatic rings. The topological polar surface area (TPSA) is 186 Å². The first-order chi connectivity index (χ1) is 34.9. The normalized spacial score (nSPS) is 11.6. The van der Waals surface area contributed by atoms with Crippen LogP contribution in [0, 0.1) is 0 Å². The van der Waals surface area contributed by atoms with E-state index in [4.69, 9.17) is 90.4 Å². The van der Waals surface area contributed by atoms with E-state index in [1.54, 1.807) is 0 Å². The summed E-state index contributed by atoms with van der Waals surface area (Å²) < 4.78 is 99.3. The molecule has 19 heteroatoms. The lowest BCUT2D eigenvalue weighted by Gasteiger charge is -2.12. The minimum Gasteiger partial charge on any atom is -0.491 e. The Hall–Kier alpha value is -1.70. The highest BCUT2D eigenvalue weighted by Gasteiger charge is 2.04. The van der Waals surface area contributed by atoms with Crippen molar-refractivity contribution in [1.29, 1.82) is 0 Å². The summed E-state index contributed by atoms with van der Waals surface area (Å²) >= 11 is 0. The molecule has 0 spiro atoms. The highest BCUT2D eigenvalue weighted by atomic mass is 16.6. The minimum atomic E-state index is 0.0206. The van der Waals surface area contributed by atoms with Gasteiger partial charge >= 0.3 is 0 Å². The molecule has 0 bridgehead atoms. The SMILES string of the molecule is CCCCCCCCCc1ccccc1OCCOCCOCCOCCOCCOCCOCCOCCOCCOCCOCCOCCOCCOCCOCCOCCOCCOCCO. The smallest absolute Gasteiger partial charge is 0.122 e. The van der Waals surface area contributed by atoms with Crippen LogP contribution in [0.25, 0.3) is 0 Å². The van der Waals surface area contributed by atoms with Crippen molar-refractivity contribution in [2.45, 2.75) is 58.3 Å². The van der Waals surface area contributed by atoms with Gasteiger partial charge in [0, 0.05) is 0 Å². The van der Waals surface area contributed by atoms with Gasteiger partial charge in [0.2, 0.25) is 0 Å². The van der Waals surface area contributed by atoms with Crippen molar-refractivity contribution in [2.75, 3.05) is 238 Å². The summed E-state index contributed by atoms with van der Waals surface area (Å²) in [4.78, 5) is 0. The molecule has 0 aromatic heterocycles. The summed E-state index contributed by atoms with van der Waals surface area (Å²) in [6.45, 7) is 19.6. The molecule has 0 aliphatic rings. The van der Waals surface area contributed by atoms with Crippen LogP contribution in [-0.2, 0) is 86.9 Å². The van der Waals surface area contributed by atoms with E-state index >= 15 is 0 Å². The van der Waals surface area contributed by atoms with E-state index in [9.17, 15) is 0 Å². The Labute approximate surface area is 421 Å². The quantitative estimate of drug-likeness (QED) is 0.0890. The fourth-order valence-corrected chi connectivity index (χ4v) is 6.02. The van der Waals surface area contributed by atoms with Crippen molar-refractivity contribution in [3.8, 4) is 5.75 Å². The van der Waals surface area contributed by atoms with Crippen LogP contribution in [0.3, 0.4) is 0 Å². The fourth-order valence-electron chi connectivity index (χ4n) is 6.02. The molecule has 0 saturated carbocycles. The van der Waals surface area contributed by atoms with Crippen molar-refractivity contribution in [3.63, 3.8) is 0 Å². The molecule has 0 saturated heterocycles. The van der Waals surface area contributed by atoms with Gasteiger partial charge in [0.1, 0.15) is 12.4 Å². The zero-order chi connectivity index (χ0) is 49.8. The first kappa shape index (κ1) is 66.3. The number of unbranched alkanes of at least 4 members (excludes halogenated alkanes) is 6. The number of ether oxygens (including phenoxy) is 18. The Morgan fingerprint density at radius 3 is 0.771 bits per heavy atom. The summed E-state index contributed by atoms with van der Waals surface area (Å²) in [6, 6.07) is 8.34. The van der Waals surface area contributed by atoms with Crippen LogP contribution in [-0.4, -0.2) is 243 Å². The second kappa shape index (κ2) is 59.9. The molecule has 0 heterocycles. The Bertz CT molecular complexity index is 1110. The Morgan fingerprint density at radius 2 is 0.500 bits per heavy atom. The van der Waals surface area contributed by atoms with E-state index in [1.165, 1.54) is 50.5 Å². The molecular formula is C51H96O19. The predicted octanol–water partition coefficient (Wildman–Crippen LogP) is 4.63. The second-order valence-corrected chi connectivity index (χ2v) is 15.5. The maximum absolute atomic E-state index is 8.61. The highest BCUT2D eigenvalue weighted by Crippen LogP contribution is 2.21. The van der Waals surface area contributed by atoms with E-state index in [-0.39, 0.29) is 6.61 Å². The Balaban J connectivity index is 1.65. The number of para-hydroxylation sites is 1. The number of benzene rings is 1. The van der Waals surface area contributed by atoms with E-state index in [2.05, 4.69) is 25.1 Å². The summed E-state index contributed by atoms with van der Waals surface area (Å²) in [5.41, 5.74) is 1.28. The van der Waals surface area contributed by atoms with E-state index in [0.717, 1.165) is 12.2 Å². The lowest BCUT2D eigenvalue weighted by Crippen LogP contribution is -2.16. The van der Waals surface area contributed by atoms with Crippen LogP contribution in [0.4, 0.5) is 0 Å². The van der Waals surface area contributed by atoms with Gasteiger partial charge in [0.05, 0.1) is 231 Å². The standard InChI is InChI=1S/C51H96O19/c1-2-3-4-5-6-7-8-11-50-12-9-10-13-51(50)70-49-48-69-47-46-68-45-44-67-43-42-66-41-40-65-39-38-64-37-36-63-35-34-62-33-32-61-31-30-60-29-28-59-27-26-58-25-24-57-23-22-56-21-20-55-19-18-54-17-16-53-15-14-52/h9-10,12-13,52H,2-8,11,14-49H2,1H3. The van der Waals surface area contributed by atoms with Gasteiger partial charge in [-0.3, -0.25) is 0 Å². The van der Waals surface area contributed by atoms with Gasteiger partial charge in [-0.15, -0.1) is 0 Å². The third kappa shape index (κ3) is 52.6.